The zero-order valence-electron chi connectivity index (χ0n) is 13.5. The van der Waals surface area contributed by atoms with Crippen molar-refractivity contribution in [1.82, 2.24) is 0 Å². The van der Waals surface area contributed by atoms with Gasteiger partial charge in [0.2, 0.25) is 0 Å². The maximum Gasteiger partial charge on any atom is 0.160 e. The van der Waals surface area contributed by atoms with Crippen molar-refractivity contribution in [1.29, 1.82) is 0 Å². The quantitative estimate of drug-likeness (QED) is 0.640. The van der Waals surface area contributed by atoms with Crippen LogP contribution < -0.4 is 14.8 Å². The molecule has 0 bridgehead atoms. The molecule has 124 valence electrons. The number of hydrogen-bond donors (Lipinski definition) is 3. The van der Waals surface area contributed by atoms with E-state index in [1.807, 2.05) is 18.2 Å². The molecule has 4 N–H and O–H groups in total. The molecule has 0 unspecified atom stereocenters. The van der Waals surface area contributed by atoms with Gasteiger partial charge in [-0.15, -0.1) is 0 Å². The summed E-state index contributed by atoms with van der Waals surface area (Å²) in [6, 6.07) is 12.5. The van der Waals surface area contributed by atoms with Crippen LogP contribution in [0.25, 0.3) is 0 Å². The summed E-state index contributed by atoms with van der Waals surface area (Å²) in [6.45, 7) is 1.45. The molecule has 2 rings (SSSR count). The van der Waals surface area contributed by atoms with Crippen molar-refractivity contribution in [3.05, 3.63) is 53.6 Å². The van der Waals surface area contributed by atoms with Crippen LogP contribution in [-0.4, -0.2) is 37.5 Å². The maximum atomic E-state index is 10.1. The molecule has 0 fully saturated rings. The van der Waals surface area contributed by atoms with Crippen LogP contribution in [0.1, 0.15) is 17.2 Å². The Morgan fingerprint density at radius 1 is 1.00 bits per heavy atom. The predicted molar refractivity (Wildman–Crippen MR) is 88.0 cm³/mol. The number of phenolic OH excluding ortho intramolecular Hbond substituents is 1. The molecule has 23 heavy (non-hydrogen) atoms. The zero-order valence-corrected chi connectivity index (χ0v) is 13.5. The number of phenols is 1. The Morgan fingerprint density at radius 3 is 2.35 bits per heavy atom. The monoisotopic (exact) mass is 318 g/mol. The third kappa shape index (κ3) is 4.87. The van der Waals surface area contributed by atoms with Crippen molar-refractivity contribution in [2.75, 3.05) is 27.3 Å². The van der Waals surface area contributed by atoms with E-state index in [2.05, 4.69) is 5.32 Å². The third-order valence-corrected chi connectivity index (χ3v) is 3.75. The number of ether oxygens (including phenoxy) is 2. The van der Waals surface area contributed by atoms with Crippen molar-refractivity contribution in [3.8, 4) is 17.2 Å². The van der Waals surface area contributed by atoms with Crippen LogP contribution in [0, 0.1) is 0 Å². The van der Waals surface area contributed by atoms with Crippen molar-refractivity contribution in [2.24, 2.45) is 0 Å². The summed E-state index contributed by atoms with van der Waals surface area (Å²) >= 11 is 0. The average molecular weight is 318 g/mol. The fourth-order valence-electron chi connectivity index (χ4n) is 2.41. The first-order chi connectivity index (χ1) is 11.1. The van der Waals surface area contributed by atoms with Crippen LogP contribution in [0.15, 0.2) is 42.5 Å². The lowest BCUT2D eigenvalue weighted by Crippen LogP contribution is -2.85. The molecule has 0 heterocycles. The van der Waals surface area contributed by atoms with E-state index in [0.29, 0.717) is 6.54 Å². The molecule has 0 aromatic heterocycles. The highest BCUT2D eigenvalue weighted by atomic mass is 16.5. The molecule has 0 spiro atoms. The molecule has 0 aliphatic heterocycles. The summed E-state index contributed by atoms with van der Waals surface area (Å²) in [5.74, 6) is 1.66. The molecule has 1 atom stereocenters. The molecule has 0 amide bonds. The Kier molecular flexibility index (Phi) is 6.26. The smallest absolute Gasteiger partial charge is 0.160 e. The van der Waals surface area contributed by atoms with Gasteiger partial charge >= 0.3 is 0 Å². The van der Waals surface area contributed by atoms with Crippen molar-refractivity contribution in [3.63, 3.8) is 0 Å². The van der Waals surface area contributed by atoms with E-state index in [0.717, 1.165) is 35.6 Å². The number of benzene rings is 2. The molecule has 5 nitrogen and oxygen atoms in total. The van der Waals surface area contributed by atoms with Gasteiger partial charge in [0.25, 0.3) is 0 Å². The fraction of sp³-hybridized carbons (Fsp3) is 0.333. The first-order valence-electron chi connectivity index (χ1n) is 7.63. The molecule has 0 saturated heterocycles. The minimum Gasteiger partial charge on any atom is -0.508 e. The van der Waals surface area contributed by atoms with Gasteiger partial charge in [0.15, 0.2) is 11.5 Å². The highest BCUT2D eigenvalue weighted by molar-refractivity contribution is 5.42. The fourth-order valence-corrected chi connectivity index (χ4v) is 2.41. The number of aliphatic hydroxyl groups excluding tert-OH is 1. The Morgan fingerprint density at radius 2 is 1.70 bits per heavy atom. The minimum absolute atomic E-state index is 0.207. The normalized spacial score (nSPS) is 12.0. The van der Waals surface area contributed by atoms with Gasteiger partial charge in [0.1, 0.15) is 18.4 Å². The summed E-state index contributed by atoms with van der Waals surface area (Å²) < 4.78 is 10.5. The van der Waals surface area contributed by atoms with E-state index in [1.54, 1.807) is 38.5 Å². The Labute approximate surface area is 136 Å². The molecule has 0 aliphatic carbocycles. The van der Waals surface area contributed by atoms with Crippen LogP contribution >= 0.6 is 0 Å². The third-order valence-electron chi connectivity index (χ3n) is 3.75. The first kappa shape index (κ1) is 17.1. The van der Waals surface area contributed by atoms with Gasteiger partial charge in [-0.1, -0.05) is 18.2 Å². The molecule has 0 radical (unpaired) electrons. The maximum absolute atomic E-state index is 10.1. The van der Waals surface area contributed by atoms with Gasteiger partial charge in [0, 0.05) is 6.42 Å². The summed E-state index contributed by atoms with van der Waals surface area (Å²) in [5, 5.41) is 21.4. The van der Waals surface area contributed by atoms with E-state index >= 15 is 0 Å². The molecular weight excluding hydrogens is 294 g/mol. The Hall–Kier alpha value is -2.24. The van der Waals surface area contributed by atoms with Crippen molar-refractivity contribution >= 4 is 0 Å². The second kappa shape index (κ2) is 8.41. The number of rotatable bonds is 8. The van der Waals surface area contributed by atoms with E-state index in [-0.39, 0.29) is 5.75 Å². The summed E-state index contributed by atoms with van der Waals surface area (Å²) in [5.41, 5.74) is 1.98. The summed E-state index contributed by atoms with van der Waals surface area (Å²) in [6.07, 6.45) is 0.337. The molecule has 0 aliphatic rings. The van der Waals surface area contributed by atoms with Crippen LogP contribution in [0.5, 0.6) is 17.2 Å². The van der Waals surface area contributed by atoms with Gasteiger partial charge in [-0.3, -0.25) is 0 Å². The van der Waals surface area contributed by atoms with Crippen LogP contribution in [0.4, 0.5) is 0 Å². The molecule has 2 aromatic carbocycles. The molecule has 5 heteroatoms. The first-order valence-corrected chi connectivity index (χ1v) is 7.63. The largest absolute Gasteiger partial charge is 0.508 e. The number of nitrogens with two attached hydrogens (primary N) is 1. The lowest BCUT2D eigenvalue weighted by molar-refractivity contribution is -0.661. The standard InChI is InChI=1S/C18H23NO4/c1-22-17-8-3-13(11-18(17)23-2)9-10-19-12-16(21)14-4-6-15(20)7-5-14/h3-8,11,16,19-21H,9-10,12H2,1-2H3/p+1/t16-/m1/s1. The summed E-state index contributed by atoms with van der Waals surface area (Å²) in [7, 11) is 3.25. The lowest BCUT2D eigenvalue weighted by atomic mass is 10.1. The highest BCUT2D eigenvalue weighted by Crippen LogP contribution is 2.27. The van der Waals surface area contributed by atoms with Gasteiger partial charge in [-0.2, -0.15) is 0 Å². The number of hydrogen-bond acceptors (Lipinski definition) is 4. The average Bonchev–Trinajstić information content (AvgIpc) is 2.58. The molecular formula is C18H24NO4+. The predicted octanol–water partition coefficient (Wildman–Crippen LogP) is 1.25. The Balaban J connectivity index is 1.80. The van der Waals surface area contributed by atoms with E-state index < -0.39 is 6.10 Å². The zero-order chi connectivity index (χ0) is 16.7. The number of aliphatic hydroxyl groups is 1. The lowest BCUT2D eigenvalue weighted by Gasteiger charge is -2.11. The SMILES string of the molecule is COc1ccc(CC[NH2+]C[C@@H](O)c2ccc(O)cc2)cc1OC. The minimum atomic E-state index is -0.541. The van der Waals surface area contributed by atoms with Crippen molar-refractivity contribution in [2.45, 2.75) is 12.5 Å². The number of aromatic hydroxyl groups is 1. The van der Waals surface area contributed by atoms with Gasteiger partial charge in [0.05, 0.1) is 20.8 Å². The van der Waals surface area contributed by atoms with E-state index in [9.17, 15) is 10.2 Å². The van der Waals surface area contributed by atoms with Crippen LogP contribution in [0.2, 0.25) is 0 Å². The topological polar surface area (TPSA) is 75.5 Å². The molecule has 0 saturated carbocycles. The second-order valence-corrected chi connectivity index (χ2v) is 5.36. The van der Waals surface area contributed by atoms with Crippen molar-refractivity contribution < 1.29 is 25.0 Å². The number of quaternary nitrogens is 1. The van der Waals surface area contributed by atoms with E-state index in [4.69, 9.17) is 9.47 Å². The van der Waals surface area contributed by atoms with E-state index in [1.165, 1.54) is 0 Å². The van der Waals surface area contributed by atoms with Gasteiger partial charge < -0.3 is 25.0 Å². The second-order valence-electron chi connectivity index (χ2n) is 5.36. The Bertz CT molecular complexity index is 613. The van der Waals surface area contributed by atoms with Gasteiger partial charge in [-0.05, 0) is 35.4 Å². The number of methoxy groups -OCH3 is 2. The summed E-state index contributed by atoms with van der Waals surface area (Å²) in [4.78, 5) is 0. The molecule has 2 aromatic rings. The van der Waals surface area contributed by atoms with Crippen LogP contribution in [0.3, 0.4) is 0 Å². The highest BCUT2D eigenvalue weighted by Gasteiger charge is 2.10. The van der Waals surface area contributed by atoms with Gasteiger partial charge in [-0.25, -0.2) is 0 Å². The van der Waals surface area contributed by atoms with Crippen LogP contribution in [-0.2, 0) is 6.42 Å².